The van der Waals surface area contributed by atoms with Crippen LogP contribution in [-0.4, -0.2) is 44.7 Å². The lowest BCUT2D eigenvalue weighted by Gasteiger charge is -2.40. The standard InChI is InChI=1S/C15H23N3O2/c1-15(2,14(16)19)18-10-8-17(9-11-18)12-4-6-13(20-3)7-5-12/h4-7H,8-11H2,1-3H3,(H2,16,19)/p+1. The molecule has 5 heteroatoms. The molecular formula is C15H24N3O2+. The highest BCUT2D eigenvalue weighted by Crippen LogP contribution is 2.19. The summed E-state index contributed by atoms with van der Waals surface area (Å²) in [4.78, 5) is 15.1. The van der Waals surface area contributed by atoms with Crippen molar-refractivity contribution in [3.05, 3.63) is 24.3 Å². The summed E-state index contributed by atoms with van der Waals surface area (Å²) in [7, 11) is 1.67. The molecule has 0 aromatic heterocycles. The number of hydrogen-bond donors (Lipinski definition) is 2. The Hall–Kier alpha value is -1.75. The predicted octanol–water partition coefficient (Wildman–Crippen LogP) is -0.336. The fourth-order valence-corrected chi connectivity index (χ4v) is 2.63. The van der Waals surface area contributed by atoms with E-state index in [0.29, 0.717) is 0 Å². The van der Waals surface area contributed by atoms with E-state index in [1.165, 1.54) is 10.6 Å². The van der Waals surface area contributed by atoms with Crippen molar-refractivity contribution < 1.29 is 14.4 Å². The first-order valence-corrected chi connectivity index (χ1v) is 6.99. The molecule has 2 rings (SSSR count). The smallest absolute Gasteiger partial charge is 0.278 e. The number of rotatable bonds is 4. The maximum absolute atomic E-state index is 11.5. The van der Waals surface area contributed by atoms with E-state index in [4.69, 9.17) is 10.5 Å². The maximum Gasteiger partial charge on any atom is 0.278 e. The van der Waals surface area contributed by atoms with Gasteiger partial charge < -0.3 is 20.3 Å². The van der Waals surface area contributed by atoms with Crippen molar-refractivity contribution in [3.8, 4) is 5.75 Å². The average Bonchev–Trinajstić information content (AvgIpc) is 2.47. The second kappa shape index (κ2) is 5.71. The zero-order valence-electron chi connectivity index (χ0n) is 12.5. The highest BCUT2D eigenvalue weighted by Gasteiger charge is 2.38. The van der Waals surface area contributed by atoms with Crippen molar-refractivity contribution in [3.63, 3.8) is 0 Å². The van der Waals surface area contributed by atoms with Gasteiger partial charge in [-0.15, -0.1) is 0 Å². The second-order valence-corrected chi connectivity index (χ2v) is 5.78. The molecule has 5 nitrogen and oxygen atoms in total. The molecular weight excluding hydrogens is 254 g/mol. The zero-order chi connectivity index (χ0) is 14.8. The molecule has 1 saturated heterocycles. The van der Waals surface area contributed by atoms with Gasteiger partial charge in [-0.3, -0.25) is 4.79 Å². The van der Waals surface area contributed by atoms with Crippen molar-refractivity contribution in [1.29, 1.82) is 0 Å². The van der Waals surface area contributed by atoms with Crippen LogP contribution in [0.15, 0.2) is 24.3 Å². The third-order valence-electron chi connectivity index (χ3n) is 4.30. The predicted molar refractivity (Wildman–Crippen MR) is 79.2 cm³/mol. The van der Waals surface area contributed by atoms with E-state index in [1.54, 1.807) is 7.11 Å². The quantitative estimate of drug-likeness (QED) is 0.792. The van der Waals surface area contributed by atoms with Gasteiger partial charge in [0, 0.05) is 5.69 Å². The van der Waals surface area contributed by atoms with Crippen molar-refractivity contribution in [2.75, 3.05) is 38.2 Å². The molecule has 1 amide bonds. The molecule has 1 aliphatic rings. The summed E-state index contributed by atoms with van der Waals surface area (Å²) < 4.78 is 5.17. The van der Waals surface area contributed by atoms with Gasteiger partial charge in [0.1, 0.15) is 5.75 Å². The first-order valence-electron chi connectivity index (χ1n) is 6.99. The topological polar surface area (TPSA) is 60.0 Å². The number of amides is 1. The molecule has 0 spiro atoms. The van der Waals surface area contributed by atoms with Gasteiger partial charge in [0.05, 0.1) is 33.3 Å². The fraction of sp³-hybridized carbons (Fsp3) is 0.533. The van der Waals surface area contributed by atoms with Gasteiger partial charge in [0.15, 0.2) is 5.54 Å². The van der Waals surface area contributed by atoms with Crippen LogP contribution in [0.1, 0.15) is 13.8 Å². The lowest BCUT2D eigenvalue weighted by Crippen LogP contribution is -3.23. The molecule has 0 atom stereocenters. The Balaban J connectivity index is 1.98. The highest BCUT2D eigenvalue weighted by atomic mass is 16.5. The zero-order valence-corrected chi connectivity index (χ0v) is 12.5. The Bertz CT molecular complexity index is 463. The minimum atomic E-state index is -0.494. The Morgan fingerprint density at radius 3 is 2.25 bits per heavy atom. The first-order chi connectivity index (χ1) is 9.45. The van der Waals surface area contributed by atoms with Crippen molar-refractivity contribution in [1.82, 2.24) is 0 Å². The summed E-state index contributed by atoms with van der Waals surface area (Å²) in [5.41, 5.74) is 6.19. The van der Waals surface area contributed by atoms with Crippen LogP contribution in [0.2, 0.25) is 0 Å². The van der Waals surface area contributed by atoms with Crippen molar-refractivity contribution in [2.24, 2.45) is 5.73 Å². The molecule has 110 valence electrons. The van der Waals surface area contributed by atoms with Crippen LogP contribution in [0.3, 0.4) is 0 Å². The van der Waals surface area contributed by atoms with Gasteiger partial charge in [-0.2, -0.15) is 0 Å². The Labute approximate surface area is 120 Å². The molecule has 1 fully saturated rings. The number of carbonyl (C=O) groups excluding carboxylic acids is 1. The van der Waals surface area contributed by atoms with Crippen LogP contribution in [0, 0.1) is 0 Å². The van der Waals surface area contributed by atoms with E-state index in [-0.39, 0.29) is 5.91 Å². The highest BCUT2D eigenvalue weighted by molar-refractivity contribution is 5.81. The largest absolute Gasteiger partial charge is 0.497 e. The van der Waals surface area contributed by atoms with Gasteiger partial charge in [0.25, 0.3) is 5.91 Å². The number of nitrogens with zero attached hydrogens (tertiary/aromatic N) is 1. The van der Waals surface area contributed by atoms with Crippen LogP contribution in [0.25, 0.3) is 0 Å². The maximum atomic E-state index is 11.5. The van der Waals surface area contributed by atoms with Crippen LogP contribution in [0.4, 0.5) is 5.69 Å². The summed E-state index contributed by atoms with van der Waals surface area (Å²) in [6, 6.07) is 8.09. The van der Waals surface area contributed by atoms with E-state index in [1.807, 2.05) is 26.0 Å². The number of benzene rings is 1. The minimum absolute atomic E-state index is 0.231. The molecule has 1 heterocycles. The Morgan fingerprint density at radius 2 is 1.80 bits per heavy atom. The minimum Gasteiger partial charge on any atom is -0.497 e. The van der Waals surface area contributed by atoms with Crippen LogP contribution >= 0.6 is 0 Å². The van der Waals surface area contributed by atoms with E-state index >= 15 is 0 Å². The number of nitrogens with two attached hydrogens (primary N) is 1. The third-order valence-corrected chi connectivity index (χ3v) is 4.30. The van der Waals surface area contributed by atoms with E-state index in [2.05, 4.69) is 17.0 Å². The number of quaternary nitrogens is 1. The summed E-state index contributed by atoms with van der Waals surface area (Å²) in [6.07, 6.45) is 0. The summed E-state index contributed by atoms with van der Waals surface area (Å²) >= 11 is 0. The monoisotopic (exact) mass is 278 g/mol. The van der Waals surface area contributed by atoms with E-state index in [0.717, 1.165) is 31.9 Å². The lowest BCUT2D eigenvalue weighted by molar-refractivity contribution is -0.938. The van der Waals surface area contributed by atoms with Gasteiger partial charge >= 0.3 is 0 Å². The molecule has 20 heavy (non-hydrogen) atoms. The average molecular weight is 278 g/mol. The fourth-order valence-electron chi connectivity index (χ4n) is 2.63. The van der Waals surface area contributed by atoms with Gasteiger partial charge in [-0.25, -0.2) is 0 Å². The molecule has 0 bridgehead atoms. The molecule has 0 radical (unpaired) electrons. The number of hydrogen-bond acceptors (Lipinski definition) is 3. The Morgan fingerprint density at radius 1 is 1.25 bits per heavy atom. The number of carbonyl (C=O) groups is 1. The Kier molecular flexibility index (Phi) is 4.18. The van der Waals surface area contributed by atoms with Crippen LogP contribution in [0.5, 0.6) is 5.75 Å². The van der Waals surface area contributed by atoms with E-state index < -0.39 is 5.54 Å². The summed E-state index contributed by atoms with van der Waals surface area (Å²) in [5, 5.41) is 0. The number of methoxy groups -OCH3 is 1. The number of primary amides is 1. The molecule has 0 saturated carbocycles. The molecule has 1 aliphatic heterocycles. The van der Waals surface area contributed by atoms with Crippen LogP contribution < -0.4 is 20.3 Å². The SMILES string of the molecule is COc1ccc(N2CC[NH+](C(C)(C)C(N)=O)CC2)cc1. The van der Waals surface area contributed by atoms with Crippen molar-refractivity contribution >= 4 is 11.6 Å². The van der Waals surface area contributed by atoms with Crippen LogP contribution in [-0.2, 0) is 4.79 Å². The second-order valence-electron chi connectivity index (χ2n) is 5.78. The number of nitrogens with one attached hydrogen (secondary N) is 1. The lowest BCUT2D eigenvalue weighted by atomic mass is 10.0. The number of ether oxygens (including phenoxy) is 1. The molecule has 1 aromatic rings. The molecule has 0 unspecified atom stereocenters. The number of anilines is 1. The number of piperazine rings is 1. The van der Waals surface area contributed by atoms with Gasteiger partial charge in [-0.1, -0.05) is 0 Å². The van der Waals surface area contributed by atoms with Gasteiger partial charge in [0.2, 0.25) is 0 Å². The third kappa shape index (κ3) is 2.88. The summed E-state index contributed by atoms with van der Waals surface area (Å²) in [6.45, 7) is 7.54. The molecule has 0 aliphatic carbocycles. The molecule has 3 N–H and O–H groups in total. The van der Waals surface area contributed by atoms with Gasteiger partial charge in [-0.05, 0) is 38.1 Å². The first kappa shape index (κ1) is 14.7. The summed E-state index contributed by atoms with van der Waals surface area (Å²) in [5.74, 6) is 0.637. The normalized spacial score (nSPS) is 17.1. The van der Waals surface area contributed by atoms with Crippen molar-refractivity contribution in [2.45, 2.75) is 19.4 Å². The molecule has 1 aromatic carbocycles. The van der Waals surface area contributed by atoms with E-state index in [9.17, 15) is 4.79 Å².